The quantitative estimate of drug-likeness (QED) is 0.899. The molecule has 2 N–H and O–H groups in total. The lowest BCUT2D eigenvalue weighted by molar-refractivity contribution is -0.117. The number of benzene rings is 1. The van der Waals surface area contributed by atoms with E-state index in [-0.39, 0.29) is 11.9 Å². The van der Waals surface area contributed by atoms with Crippen LogP contribution in [0.25, 0.3) is 0 Å². The highest BCUT2D eigenvalue weighted by Crippen LogP contribution is 2.27. The van der Waals surface area contributed by atoms with E-state index >= 15 is 0 Å². The van der Waals surface area contributed by atoms with Crippen LogP contribution in [0.15, 0.2) is 22.7 Å². The van der Waals surface area contributed by atoms with Crippen molar-refractivity contribution < 1.29 is 9.53 Å². The maximum absolute atomic E-state index is 11.9. The van der Waals surface area contributed by atoms with Crippen LogP contribution in [-0.4, -0.2) is 25.6 Å². The molecule has 0 unspecified atom stereocenters. The van der Waals surface area contributed by atoms with E-state index in [4.69, 9.17) is 4.74 Å². The van der Waals surface area contributed by atoms with Crippen molar-refractivity contribution in [2.24, 2.45) is 0 Å². The molecule has 4 nitrogen and oxygen atoms in total. The van der Waals surface area contributed by atoms with Gasteiger partial charge in [-0.1, -0.05) is 0 Å². The SMILES string of the molecule is COc1ccc(NC(=O)[C@H]2CCCN2)cc1Br. The number of anilines is 1. The molecule has 2 rings (SSSR count). The molecule has 1 amide bonds. The van der Waals surface area contributed by atoms with Gasteiger partial charge in [-0.25, -0.2) is 0 Å². The van der Waals surface area contributed by atoms with Crippen LogP contribution in [0.5, 0.6) is 5.75 Å². The van der Waals surface area contributed by atoms with Crippen LogP contribution in [-0.2, 0) is 4.79 Å². The summed E-state index contributed by atoms with van der Waals surface area (Å²) >= 11 is 3.39. The molecular formula is C12H15BrN2O2. The second kappa shape index (κ2) is 5.51. The molecule has 1 saturated heterocycles. The summed E-state index contributed by atoms with van der Waals surface area (Å²) in [6.45, 7) is 0.921. The molecule has 0 saturated carbocycles. The molecule has 1 heterocycles. The second-order valence-corrected chi connectivity index (χ2v) is 4.84. The van der Waals surface area contributed by atoms with E-state index in [0.717, 1.165) is 35.3 Å². The fourth-order valence-electron chi connectivity index (χ4n) is 1.88. The van der Waals surface area contributed by atoms with Crippen LogP contribution in [0.3, 0.4) is 0 Å². The number of rotatable bonds is 3. The first-order valence-electron chi connectivity index (χ1n) is 5.58. The first kappa shape index (κ1) is 12.4. The highest BCUT2D eigenvalue weighted by atomic mass is 79.9. The Kier molecular flexibility index (Phi) is 4.02. The van der Waals surface area contributed by atoms with Crippen LogP contribution in [0, 0.1) is 0 Å². The van der Waals surface area contributed by atoms with Crippen molar-refractivity contribution in [2.75, 3.05) is 19.0 Å². The summed E-state index contributed by atoms with van der Waals surface area (Å²) in [7, 11) is 1.61. The van der Waals surface area contributed by atoms with Crippen molar-refractivity contribution in [3.63, 3.8) is 0 Å². The summed E-state index contributed by atoms with van der Waals surface area (Å²) in [6.07, 6.45) is 1.97. The number of carbonyl (C=O) groups excluding carboxylic acids is 1. The Hall–Kier alpha value is -1.07. The van der Waals surface area contributed by atoms with E-state index in [1.54, 1.807) is 7.11 Å². The minimum absolute atomic E-state index is 0.0274. The highest BCUT2D eigenvalue weighted by molar-refractivity contribution is 9.10. The molecule has 1 fully saturated rings. The third kappa shape index (κ3) is 2.98. The third-order valence-electron chi connectivity index (χ3n) is 2.80. The zero-order valence-corrected chi connectivity index (χ0v) is 11.2. The lowest BCUT2D eigenvalue weighted by Gasteiger charge is -2.12. The summed E-state index contributed by atoms with van der Waals surface area (Å²) in [6, 6.07) is 5.43. The fourth-order valence-corrected chi connectivity index (χ4v) is 2.42. The molecular weight excluding hydrogens is 284 g/mol. The number of ether oxygens (including phenoxy) is 1. The topological polar surface area (TPSA) is 50.4 Å². The van der Waals surface area contributed by atoms with Gasteiger partial charge < -0.3 is 15.4 Å². The van der Waals surface area contributed by atoms with E-state index in [1.807, 2.05) is 18.2 Å². The fraction of sp³-hybridized carbons (Fsp3) is 0.417. The van der Waals surface area contributed by atoms with Gasteiger partial charge in [-0.3, -0.25) is 4.79 Å². The Morgan fingerprint density at radius 1 is 1.59 bits per heavy atom. The largest absolute Gasteiger partial charge is 0.496 e. The number of amides is 1. The number of methoxy groups -OCH3 is 1. The van der Waals surface area contributed by atoms with Crippen LogP contribution in [0.2, 0.25) is 0 Å². The van der Waals surface area contributed by atoms with Crippen LogP contribution in [0.1, 0.15) is 12.8 Å². The number of hydrogen-bond donors (Lipinski definition) is 2. The van der Waals surface area contributed by atoms with Crippen molar-refractivity contribution in [3.05, 3.63) is 22.7 Å². The van der Waals surface area contributed by atoms with Crippen molar-refractivity contribution in [1.29, 1.82) is 0 Å². The molecule has 0 spiro atoms. The first-order valence-corrected chi connectivity index (χ1v) is 6.38. The molecule has 1 aliphatic rings. The predicted molar refractivity (Wildman–Crippen MR) is 70.3 cm³/mol. The molecule has 0 bridgehead atoms. The summed E-state index contributed by atoms with van der Waals surface area (Å²) < 4.78 is 5.96. The Morgan fingerprint density at radius 2 is 2.41 bits per heavy atom. The molecule has 1 atom stereocenters. The molecule has 92 valence electrons. The molecule has 1 aromatic rings. The number of nitrogens with one attached hydrogen (secondary N) is 2. The van der Waals surface area contributed by atoms with E-state index in [9.17, 15) is 4.79 Å². The standard InChI is InChI=1S/C12H15BrN2O2/c1-17-11-5-4-8(7-9(11)13)15-12(16)10-3-2-6-14-10/h4-5,7,10,14H,2-3,6H2,1H3,(H,15,16)/t10-/m1/s1. The number of halogens is 1. The zero-order valence-electron chi connectivity index (χ0n) is 9.63. The van der Waals surface area contributed by atoms with Crippen molar-refractivity contribution >= 4 is 27.5 Å². The summed E-state index contributed by atoms with van der Waals surface area (Å²) in [5, 5.41) is 6.05. The van der Waals surface area contributed by atoms with Crippen molar-refractivity contribution in [2.45, 2.75) is 18.9 Å². The molecule has 1 aliphatic heterocycles. The van der Waals surface area contributed by atoms with Crippen LogP contribution < -0.4 is 15.4 Å². The van der Waals surface area contributed by atoms with Gasteiger partial charge in [0.25, 0.3) is 0 Å². The van der Waals surface area contributed by atoms with Gasteiger partial charge in [0.1, 0.15) is 5.75 Å². The minimum atomic E-state index is -0.0594. The van der Waals surface area contributed by atoms with E-state index < -0.39 is 0 Å². The van der Waals surface area contributed by atoms with Gasteiger partial charge in [0.2, 0.25) is 5.91 Å². The molecule has 1 aromatic carbocycles. The number of carbonyl (C=O) groups is 1. The average molecular weight is 299 g/mol. The Balaban J connectivity index is 2.03. The maximum Gasteiger partial charge on any atom is 0.241 e. The van der Waals surface area contributed by atoms with Gasteiger partial charge in [0, 0.05) is 5.69 Å². The van der Waals surface area contributed by atoms with E-state index in [0.29, 0.717) is 0 Å². The molecule has 0 aliphatic carbocycles. The van der Waals surface area contributed by atoms with Gasteiger partial charge >= 0.3 is 0 Å². The zero-order chi connectivity index (χ0) is 12.3. The first-order chi connectivity index (χ1) is 8.20. The third-order valence-corrected chi connectivity index (χ3v) is 3.42. The van der Waals surface area contributed by atoms with Gasteiger partial charge in [0.15, 0.2) is 0 Å². The van der Waals surface area contributed by atoms with Gasteiger partial charge in [0.05, 0.1) is 17.6 Å². The lowest BCUT2D eigenvalue weighted by Crippen LogP contribution is -2.35. The minimum Gasteiger partial charge on any atom is -0.496 e. The van der Waals surface area contributed by atoms with Crippen LogP contribution >= 0.6 is 15.9 Å². The highest BCUT2D eigenvalue weighted by Gasteiger charge is 2.21. The van der Waals surface area contributed by atoms with E-state index in [2.05, 4.69) is 26.6 Å². The average Bonchev–Trinajstić information content (AvgIpc) is 2.82. The predicted octanol–water partition coefficient (Wildman–Crippen LogP) is 2.15. The summed E-state index contributed by atoms with van der Waals surface area (Å²) in [5.41, 5.74) is 0.774. The molecule has 5 heteroatoms. The van der Waals surface area contributed by atoms with Gasteiger partial charge in [-0.15, -0.1) is 0 Å². The van der Waals surface area contributed by atoms with Crippen LogP contribution in [0.4, 0.5) is 5.69 Å². The normalized spacial score (nSPS) is 19.1. The molecule has 0 aromatic heterocycles. The second-order valence-electron chi connectivity index (χ2n) is 3.99. The van der Waals surface area contributed by atoms with Gasteiger partial charge in [-0.2, -0.15) is 0 Å². The van der Waals surface area contributed by atoms with Crippen molar-refractivity contribution in [1.82, 2.24) is 5.32 Å². The maximum atomic E-state index is 11.9. The molecule has 17 heavy (non-hydrogen) atoms. The van der Waals surface area contributed by atoms with E-state index in [1.165, 1.54) is 0 Å². The summed E-state index contributed by atoms with van der Waals surface area (Å²) in [5.74, 6) is 0.779. The number of hydrogen-bond acceptors (Lipinski definition) is 3. The monoisotopic (exact) mass is 298 g/mol. The van der Waals surface area contributed by atoms with Crippen molar-refractivity contribution in [3.8, 4) is 5.75 Å². The smallest absolute Gasteiger partial charge is 0.241 e. The molecule has 0 radical (unpaired) electrons. The summed E-state index contributed by atoms with van der Waals surface area (Å²) in [4.78, 5) is 11.9. The van der Waals surface area contributed by atoms with Gasteiger partial charge in [-0.05, 0) is 53.5 Å². The Labute approximate surface area is 109 Å². The lowest BCUT2D eigenvalue weighted by atomic mass is 10.2. The Morgan fingerprint density at radius 3 is 3.00 bits per heavy atom. The Bertz CT molecular complexity index is 417.